The summed E-state index contributed by atoms with van der Waals surface area (Å²) in [5.41, 5.74) is 3.10. The van der Waals surface area contributed by atoms with Gasteiger partial charge in [-0.25, -0.2) is 4.98 Å². The van der Waals surface area contributed by atoms with Crippen LogP contribution in [0.1, 0.15) is 10.5 Å². The van der Waals surface area contributed by atoms with Crippen LogP contribution in [0, 0.1) is 0 Å². The van der Waals surface area contributed by atoms with Gasteiger partial charge in [-0.2, -0.15) is 0 Å². The number of anilines is 1. The monoisotopic (exact) mass is 393 g/mol. The van der Waals surface area contributed by atoms with Crippen LogP contribution in [0.15, 0.2) is 53.9 Å². The molecule has 0 aliphatic heterocycles. The zero-order valence-electron chi connectivity index (χ0n) is 15.7. The maximum atomic E-state index is 12.6. The number of benzene rings is 2. The summed E-state index contributed by atoms with van der Waals surface area (Å²) >= 11 is 1.45. The van der Waals surface area contributed by atoms with Crippen LogP contribution in [0.3, 0.4) is 0 Å². The van der Waals surface area contributed by atoms with Gasteiger partial charge in [-0.3, -0.25) is 4.79 Å². The molecule has 0 saturated heterocycles. The van der Waals surface area contributed by atoms with Crippen LogP contribution in [-0.4, -0.2) is 29.7 Å². The summed E-state index contributed by atoms with van der Waals surface area (Å²) in [6.07, 6.45) is 0. The third-order valence-corrected chi connectivity index (χ3v) is 5.41. The first-order valence-electron chi connectivity index (χ1n) is 8.64. The van der Waals surface area contributed by atoms with Crippen LogP contribution in [0.4, 0.5) is 5.69 Å². The number of carbonyl (C=O) groups excluding carboxylic acids is 1. The number of thiazole rings is 1. The quantitative estimate of drug-likeness (QED) is 0.539. The molecule has 2 aromatic heterocycles. The second kappa shape index (κ2) is 7.36. The fraction of sp³-hybridized carbons (Fsp3) is 0.143. The maximum Gasteiger partial charge on any atom is 0.275 e. The molecule has 7 heteroatoms. The number of methoxy groups -OCH3 is 2. The number of ether oxygens (including phenoxy) is 2. The summed E-state index contributed by atoms with van der Waals surface area (Å²) in [5, 5.41) is 6.57. The number of fused-ring (bicyclic) bond motifs is 1. The van der Waals surface area contributed by atoms with Crippen LogP contribution in [0.25, 0.3) is 21.6 Å². The molecule has 0 aliphatic rings. The van der Waals surface area contributed by atoms with E-state index >= 15 is 0 Å². The smallest absolute Gasteiger partial charge is 0.275 e. The summed E-state index contributed by atoms with van der Waals surface area (Å²) in [6, 6.07) is 15.5. The minimum atomic E-state index is -0.270. The molecule has 1 amide bonds. The van der Waals surface area contributed by atoms with Gasteiger partial charge in [0.05, 0.1) is 19.9 Å². The molecule has 0 radical (unpaired) electrons. The number of carbonyl (C=O) groups is 1. The normalized spacial score (nSPS) is 10.8. The van der Waals surface area contributed by atoms with Crippen molar-refractivity contribution in [2.24, 2.45) is 7.05 Å². The minimum absolute atomic E-state index is 0.270. The van der Waals surface area contributed by atoms with E-state index in [1.165, 1.54) is 11.3 Å². The molecular formula is C21H19N3O3S. The number of nitrogens with zero attached hydrogens (tertiary/aromatic N) is 2. The van der Waals surface area contributed by atoms with Crippen molar-refractivity contribution in [2.45, 2.75) is 0 Å². The Morgan fingerprint density at radius 2 is 1.86 bits per heavy atom. The second-order valence-corrected chi connectivity index (χ2v) is 7.07. The molecular weight excluding hydrogens is 374 g/mol. The minimum Gasteiger partial charge on any atom is -0.493 e. The van der Waals surface area contributed by atoms with Crippen LogP contribution < -0.4 is 14.8 Å². The summed E-state index contributed by atoms with van der Waals surface area (Å²) in [7, 11) is 5.13. The maximum absolute atomic E-state index is 12.6. The number of para-hydroxylation sites is 1. The van der Waals surface area contributed by atoms with Gasteiger partial charge in [-0.15, -0.1) is 11.3 Å². The number of nitrogens with one attached hydrogen (secondary N) is 1. The largest absolute Gasteiger partial charge is 0.493 e. The lowest BCUT2D eigenvalue weighted by atomic mass is 10.2. The van der Waals surface area contributed by atoms with Gasteiger partial charge in [0.2, 0.25) is 0 Å². The highest BCUT2D eigenvalue weighted by atomic mass is 32.1. The Labute approximate surface area is 166 Å². The number of aromatic nitrogens is 2. The summed E-state index contributed by atoms with van der Waals surface area (Å²) in [6.45, 7) is 0. The number of aryl methyl sites for hydroxylation is 1. The Bertz CT molecular complexity index is 1160. The fourth-order valence-corrected chi connectivity index (χ4v) is 3.95. The Morgan fingerprint density at radius 1 is 1.07 bits per heavy atom. The first-order chi connectivity index (χ1) is 13.6. The van der Waals surface area contributed by atoms with Crippen molar-refractivity contribution in [3.05, 3.63) is 59.6 Å². The van der Waals surface area contributed by atoms with Crippen molar-refractivity contribution in [3.8, 4) is 22.2 Å². The SMILES string of the molecule is COc1ccc(NC(=O)c2csc(-c3cc4ccccc4n3C)n2)cc1OC. The summed E-state index contributed by atoms with van der Waals surface area (Å²) in [4.78, 5) is 17.2. The van der Waals surface area contributed by atoms with Crippen molar-refractivity contribution in [2.75, 3.05) is 19.5 Å². The lowest BCUT2D eigenvalue weighted by molar-refractivity contribution is 0.102. The van der Waals surface area contributed by atoms with Crippen molar-refractivity contribution < 1.29 is 14.3 Å². The number of hydrogen-bond acceptors (Lipinski definition) is 5. The third-order valence-electron chi connectivity index (χ3n) is 4.55. The van der Waals surface area contributed by atoms with E-state index in [1.54, 1.807) is 37.8 Å². The van der Waals surface area contributed by atoms with E-state index in [2.05, 4.69) is 33.1 Å². The standard InChI is InChI=1S/C21H19N3O3S/c1-24-16-7-5-4-6-13(16)10-17(24)21-23-15(12-28-21)20(25)22-14-8-9-18(26-2)19(11-14)27-3/h4-12H,1-3H3,(H,22,25). The summed E-state index contributed by atoms with van der Waals surface area (Å²) < 4.78 is 12.6. The predicted molar refractivity (Wildman–Crippen MR) is 112 cm³/mol. The van der Waals surface area contributed by atoms with Gasteiger partial charge >= 0.3 is 0 Å². The van der Waals surface area contributed by atoms with Crippen molar-refractivity contribution in [1.29, 1.82) is 0 Å². The molecule has 0 spiro atoms. The van der Waals surface area contributed by atoms with E-state index < -0.39 is 0 Å². The molecule has 0 fully saturated rings. The Kier molecular flexibility index (Phi) is 4.75. The van der Waals surface area contributed by atoms with E-state index in [-0.39, 0.29) is 5.91 Å². The van der Waals surface area contributed by atoms with Gasteiger partial charge in [0, 0.05) is 35.1 Å². The number of hydrogen-bond donors (Lipinski definition) is 1. The molecule has 4 aromatic rings. The van der Waals surface area contributed by atoms with Crippen LogP contribution in [-0.2, 0) is 7.05 Å². The Balaban J connectivity index is 1.58. The average Bonchev–Trinajstić information content (AvgIpc) is 3.33. The Morgan fingerprint density at radius 3 is 2.61 bits per heavy atom. The first-order valence-corrected chi connectivity index (χ1v) is 9.52. The van der Waals surface area contributed by atoms with Crippen LogP contribution in [0.2, 0.25) is 0 Å². The predicted octanol–water partition coefficient (Wildman–Crippen LogP) is 4.57. The summed E-state index contributed by atoms with van der Waals surface area (Å²) in [5.74, 6) is 0.885. The second-order valence-electron chi connectivity index (χ2n) is 6.21. The van der Waals surface area contributed by atoms with Gasteiger partial charge in [0.1, 0.15) is 10.7 Å². The van der Waals surface area contributed by atoms with Crippen molar-refractivity contribution >= 4 is 33.8 Å². The molecule has 4 rings (SSSR count). The Hall–Kier alpha value is -3.32. The molecule has 0 unspecified atom stereocenters. The zero-order chi connectivity index (χ0) is 19.7. The van der Waals surface area contributed by atoms with Gasteiger partial charge in [-0.05, 0) is 24.3 Å². The van der Waals surface area contributed by atoms with Crippen molar-refractivity contribution in [3.63, 3.8) is 0 Å². The van der Waals surface area contributed by atoms with E-state index in [1.807, 2.05) is 19.2 Å². The van der Waals surface area contributed by atoms with Gasteiger partial charge in [0.15, 0.2) is 11.5 Å². The third kappa shape index (κ3) is 3.20. The highest BCUT2D eigenvalue weighted by Gasteiger charge is 2.16. The topological polar surface area (TPSA) is 65.4 Å². The van der Waals surface area contributed by atoms with Crippen LogP contribution >= 0.6 is 11.3 Å². The molecule has 2 heterocycles. The number of rotatable bonds is 5. The van der Waals surface area contributed by atoms with E-state index in [0.29, 0.717) is 22.9 Å². The van der Waals surface area contributed by atoms with Crippen LogP contribution in [0.5, 0.6) is 11.5 Å². The van der Waals surface area contributed by atoms with Gasteiger partial charge in [-0.1, -0.05) is 18.2 Å². The van der Waals surface area contributed by atoms with E-state index in [0.717, 1.165) is 21.6 Å². The molecule has 28 heavy (non-hydrogen) atoms. The average molecular weight is 393 g/mol. The van der Waals surface area contributed by atoms with E-state index in [4.69, 9.17) is 9.47 Å². The molecule has 142 valence electrons. The zero-order valence-corrected chi connectivity index (χ0v) is 16.5. The molecule has 6 nitrogen and oxygen atoms in total. The van der Waals surface area contributed by atoms with Gasteiger partial charge in [0.25, 0.3) is 5.91 Å². The molecule has 2 aromatic carbocycles. The lowest BCUT2D eigenvalue weighted by Crippen LogP contribution is -2.12. The highest BCUT2D eigenvalue weighted by Crippen LogP contribution is 2.31. The molecule has 0 atom stereocenters. The molecule has 0 saturated carbocycles. The fourth-order valence-electron chi connectivity index (χ4n) is 3.10. The first kappa shape index (κ1) is 18.1. The molecule has 0 bridgehead atoms. The van der Waals surface area contributed by atoms with Crippen molar-refractivity contribution in [1.82, 2.24) is 9.55 Å². The lowest BCUT2D eigenvalue weighted by Gasteiger charge is -2.10. The molecule has 0 aliphatic carbocycles. The molecule has 1 N–H and O–H groups in total. The van der Waals surface area contributed by atoms with E-state index in [9.17, 15) is 4.79 Å². The van der Waals surface area contributed by atoms with Gasteiger partial charge < -0.3 is 19.4 Å². The number of amides is 1. The highest BCUT2D eigenvalue weighted by molar-refractivity contribution is 7.13.